The quantitative estimate of drug-likeness (QED) is 0.612. The molecule has 2 aliphatic heterocycles. The van der Waals surface area contributed by atoms with Crippen molar-refractivity contribution >= 4 is 23.3 Å². The fourth-order valence-electron chi connectivity index (χ4n) is 4.22. The summed E-state index contributed by atoms with van der Waals surface area (Å²) in [7, 11) is 0. The lowest BCUT2D eigenvalue weighted by Crippen LogP contribution is -2.42. The summed E-state index contributed by atoms with van der Waals surface area (Å²) < 4.78 is 50.0. The molecule has 0 N–H and O–H groups in total. The molecule has 1 amide bonds. The van der Waals surface area contributed by atoms with Crippen LogP contribution in [0.5, 0.6) is 11.5 Å². The fourth-order valence-corrected chi connectivity index (χ4v) is 4.51. The molecule has 2 aromatic rings. The molecule has 33 heavy (non-hydrogen) atoms. The summed E-state index contributed by atoms with van der Waals surface area (Å²) in [4.78, 5) is 20.8. The smallest absolute Gasteiger partial charge is 0.417 e. The first-order valence-corrected chi connectivity index (χ1v) is 11.3. The molecule has 6 nitrogen and oxygen atoms in total. The first-order valence-electron chi connectivity index (χ1n) is 10.9. The standard InChI is InChI=1S/C23H25ClF3N3O3/c1-2-29(14-16-4-3-5-19-20(16)33-11-10-32-19)22(31)15-6-8-30(9-7-15)21-18(24)12-17(13-28-21)23(25,26)27/h3-5,12-13,15H,2,6-11,14H2,1H3. The van der Waals surface area contributed by atoms with Crippen LogP contribution in [0.3, 0.4) is 0 Å². The SMILES string of the molecule is CCN(Cc1cccc2c1OCCO2)C(=O)C1CCN(c2ncc(C(F)(F)F)cc2Cl)CC1. The molecule has 1 aromatic carbocycles. The van der Waals surface area contributed by atoms with Crippen molar-refractivity contribution in [2.75, 3.05) is 37.7 Å². The third-order valence-corrected chi connectivity index (χ3v) is 6.27. The van der Waals surface area contributed by atoms with Gasteiger partial charge in [-0.2, -0.15) is 13.2 Å². The molecule has 1 saturated heterocycles. The normalized spacial score (nSPS) is 16.6. The Balaban J connectivity index is 1.40. The molecular formula is C23H25ClF3N3O3. The highest BCUT2D eigenvalue weighted by Gasteiger charge is 2.33. The Labute approximate surface area is 195 Å². The minimum Gasteiger partial charge on any atom is -0.486 e. The first-order chi connectivity index (χ1) is 15.8. The number of piperidine rings is 1. The van der Waals surface area contributed by atoms with E-state index in [9.17, 15) is 18.0 Å². The number of carbonyl (C=O) groups is 1. The molecular weight excluding hydrogens is 459 g/mol. The lowest BCUT2D eigenvalue weighted by Gasteiger charge is -2.35. The third-order valence-electron chi connectivity index (χ3n) is 6.00. The summed E-state index contributed by atoms with van der Waals surface area (Å²) in [5, 5.41) is -0.0409. The van der Waals surface area contributed by atoms with E-state index in [0.717, 1.165) is 17.8 Å². The van der Waals surface area contributed by atoms with Gasteiger partial charge in [0.05, 0.1) is 10.6 Å². The zero-order valence-corrected chi connectivity index (χ0v) is 19.0. The number of nitrogens with zero attached hydrogens (tertiary/aromatic N) is 3. The van der Waals surface area contributed by atoms with E-state index in [1.165, 1.54) is 0 Å². The number of anilines is 1. The van der Waals surface area contributed by atoms with E-state index in [4.69, 9.17) is 21.1 Å². The van der Waals surface area contributed by atoms with Gasteiger partial charge in [0, 0.05) is 43.9 Å². The van der Waals surface area contributed by atoms with Gasteiger partial charge in [0.1, 0.15) is 19.0 Å². The van der Waals surface area contributed by atoms with Crippen molar-refractivity contribution in [3.63, 3.8) is 0 Å². The molecule has 0 spiro atoms. The topological polar surface area (TPSA) is 54.9 Å². The van der Waals surface area contributed by atoms with Gasteiger partial charge in [-0.3, -0.25) is 4.79 Å². The van der Waals surface area contributed by atoms with Crippen molar-refractivity contribution in [3.8, 4) is 11.5 Å². The summed E-state index contributed by atoms with van der Waals surface area (Å²) in [6, 6.07) is 6.57. The Kier molecular flexibility index (Phi) is 6.88. The van der Waals surface area contributed by atoms with Crippen LogP contribution < -0.4 is 14.4 Å². The predicted molar refractivity (Wildman–Crippen MR) is 118 cm³/mol. The highest BCUT2D eigenvalue weighted by molar-refractivity contribution is 6.33. The molecule has 1 fully saturated rings. The van der Waals surface area contributed by atoms with Crippen molar-refractivity contribution in [1.29, 1.82) is 0 Å². The largest absolute Gasteiger partial charge is 0.486 e. The van der Waals surface area contributed by atoms with Crippen LogP contribution in [-0.2, 0) is 17.5 Å². The number of pyridine rings is 1. The highest BCUT2D eigenvalue weighted by atomic mass is 35.5. The average molecular weight is 484 g/mol. The monoisotopic (exact) mass is 483 g/mol. The number of fused-ring (bicyclic) bond motifs is 1. The first kappa shape index (κ1) is 23.5. The van der Waals surface area contributed by atoms with E-state index < -0.39 is 11.7 Å². The summed E-state index contributed by atoms with van der Waals surface area (Å²) in [6.07, 6.45) is -2.56. The minimum atomic E-state index is -4.49. The maximum atomic E-state index is 13.2. The zero-order valence-electron chi connectivity index (χ0n) is 18.2. The Morgan fingerprint density at radius 2 is 1.97 bits per heavy atom. The number of alkyl halides is 3. The van der Waals surface area contributed by atoms with Gasteiger partial charge in [0.2, 0.25) is 5.91 Å². The van der Waals surface area contributed by atoms with Crippen molar-refractivity contribution in [3.05, 3.63) is 46.6 Å². The second kappa shape index (κ2) is 9.67. The van der Waals surface area contributed by atoms with Gasteiger partial charge in [0.25, 0.3) is 0 Å². The lowest BCUT2D eigenvalue weighted by atomic mass is 9.95. The van der Waals surface area contributed by atoms with E-state index in [-0.39, 0.29) is 16.8 Å². The average Bonchev–Trinajstić information content (AvgIpc) is 2.81. The number of halogens is 4. The zero-order chi connectivity index (χ0) is 23.6. The van der Waals surface area contributed by atoms with E-state index in [2.05, 4.69) is 4.98 Å². The summed E-state index contributed by atoms with van der Waals surface area (Å²) in [5.41, 5.74) is 0.0259. The van der Waals surface area contributed by atoms with Crippen LogP contribution in [0.2, 0.25) is 5.02 Å². The summed E-state index contributed by atoms with van der Waals surface area (Å²) in [5.74, 6) is 1.57. The second-order valence-corrected chi connectivity index (χ2v) is 8.49. The molecule has 0 aliphatic carbocycles. The van der Waals surface area contributed by atoms with Crippen LogP contribution in [0.4, 0.5) is 19.0 Å². The summed E-state index contributed by atoms with van der Waals surface area (Å²) in [6.45, 7) is 4.87. The Bertz CT molecular complexity index is 1010. The maximum absolute atomic E-state index is 13.2. The Morgan fingerprint density at radius 1 is 1.24 bits per heavy atom. The molecule has 0 atom stereocenters. The molecule has 0 radical (unpaired) electrons. The molecule has 0 bridgehead atoms. The second-order valence-electron chi connectivity index (χ2n) is 8.08. The van der Waals surface area contributed by atoms with Gasteiger partial charge in [-0.1, -0.05) is 23.7 Å². The van der Waals surface area contributed by atoms with Gasteiger partial charge in [-0.15, -0.1) is 0 Å². The molecule has 0 saturated carbocycles. The Morgan fingerprint density at radius 3 is 2.64 bits per heavy atom. The number of hydrogen-bond acceptors (Lipinski definition) is 5. The molecule has 4 rings (SSSR count). The van der Waals surface area contributed by atoms with Crippen LogP contribution in [0.25, 0.3) is 0 Å². The molecule has 0 unspecified atom stereocenters. The lowest BCUT2D eigenvalue weighted by molar-refractivity contribution is -0.138. The predicted octanol–water partition coefficient (Wildman–Crippen LogP) is 4.79. The number of hydrogen-bond donors (Lipinski definition) is 0. The van der Waals surface area contributed by atoms with Crippen LogP contribution in [0.1, 0.15) is 30.9 Å². The van der Waals surface area contributed by atoms with Crippen LogP contribution in [0, 0.1) is 5.92 Å². The van der Waals surface area contributed by atoms with E-state index in [0.29, 0.717) is 69.6 Å². The highest BCUT2D eigenvalue weighted by Crippen LogP contribution is 2.36. The van der Waals surface area contributed by atoms with Crippen molar-refractivity contribution in [2.45, 2.75) is 32.5 Å². The number of amides is 1. The van der Waals surface area contributed by atoms with Crippen molar-refractivity contribution < 1.29 is 27.4 Å². The van der Waals surface area contributed by atoms with Crippen LogP contribution in [0.15, 0.2) is 30.5 Å². The number of para-hydroxylation sites is 1. The van der Waals surface area contributed by atoms with E-state index in [1.807, 2.05) is 30.0 Å². The van der Waals surface area contributed by atoms with Gasteiger partial charge in [-0.25, -0.2) is 4.98 Å². The van der Waals surface area contributed by atoms with Gasteiger partial charge in [0.15, 0.2) is 11.5 Å². The molecule has 2 aliphatic rings. The minimum absolute atomic E-state index is 0.0409. The maximum Gasteiger partial charge on any atom is 0.417 e. The molecule has 3 heterocycles. The van der Waals surface area contributed by atoms with E-state index >= 15 is 0 Å². The molecule has 1 aromatic heterocycles. The third kappa shape index (κ3) is 5.13. The van der Waals surface area contributed by atoms with Crippen molar-refractivity contribution in [1.82, 2.24) is 9.88 Å². The number of rotatable bonds is 5. The molecule has 10 heteroatoms. The number of benzene rings is 1. The van der Waals surface area contributed by atoms with Gasteiger partial charge >= 0.3 is 6.18 Å². The van der Waals surface area contributed by atoms with Gasteiger partial charge in [-0.05, 0) is 31.9 Å². The van der Waals surface area contributed by atoms with Crippen LogP contribution >= 0.6 is 11.6 Å². The molecule has 178 valence electrons. The van der Waals surface area contributed by atoms with Gasteiger partial charge < -0.3 is 19.3 Å². The number of ether oxygens (including phenoxy) is 2. The number of carbonyl (C=O) groups excluding carboxylic acids is 1. The van der Waals surface area contributed by atoms with Crippen LogP contribution in [-0.4, -0.2) is 48.6 Å². The summed E-state index contributed by atoms with van der Waals surface area (Å²) >= 11 is 6.09. The number of aromatic nitrogens is 1. The Hall–Kier alpha value is -2.68. The van der Waals surface area contributed by atoms with E-state index in [1.54, 1.807) is 4.90 Å². The fraction of sp³-hybridized carbons (Fsp3) is 0.478. The van der Waals surface area contributed by atoms with Crippen molar-refractivity contribution in [2.24, 2.45) is 5.92 Å².